The first-order valence-corrected chi connectivity index (χ1v) is 11.1. The molecule has 0 atom stereocenters. The quantitative estimate of drug-likeness (QED) is 0.508. The largest absolute Gasteiger partial charge is 0.354 e. The molecule has 168 valence electrons. The molecule has 5 rings (SSSR count). The zero-order chi connectivity index (χ0) is 22.8. The van der Waals surface area contributed by atoms with Crippen LogP contribution in [0.15, 0.2) is 55.2 Å². The number of fused-ring (bicyclic) bond motifs is 1. The molecule has 0 radical (unpaired) electrons. The minimum atomic E-state index is -0.214. The molecule has 0 aliphatic carbocycles. The maximum absolute atomic E-state index is 12.9. The number of carbonyl (C=O) groups is 1. The average Bonchev–Trinajstić information content (AvgIpc) is 3.30. The lowest BCUT2D eigenvalue weighted by atomic mass is 10.1. The Hall–Kier alpha value is -3.85. The lowest BCUT2D eigenvalue weighted by Crippen LogP contribution is -2.46. The molecule has 5 heterocycles. The fourth-order valence-corrected chi connectivity index (χ4v) is 4.04. The first kappa shape index (κ1) is 21.0. The number of nitrogens with one attached hydrogen (secondary N) is 1. The Kier molecular flexibility index (Phi) is 5.70. The van der Waals surface area contributed by atoms with E-state index in [9.17, 15) is 4.79 Å². The number of amides is 1. The molecule has 9 nitrogen and oxygen atoms in total. The van der Waals surface area contributed by atoms with Crippen molar-refractivity contribution in [3.05, 3.63) is 60.8 Å². The molecule has 1 N–H and O–H groups in total. The third-order valence-electron chi connectivity index (χ3n) is 6.00. The molecular formula is C24H26N8O. The van der Waals surface area contributed by atoms with Gasteiger partial charge in [0.1, 0.15) is 11.6 Å². The van der Waals surface area contributed by atoms with Crippen molar-refractivity contribution in [1.29, 1.82) is 0 Å². The highest BCUT2D eigenvalue weighted by Gasteiger charge is 2.18. The normalized spacial score (nSPS) is 14.5. The predicted molar refractivity (Wildman–Crippen MR) is 128 cm³/mol. The van der Waals surface area contributed by atoms with E-state index in [1.54, 1.807) is 35.5 Å². The van der Waals surface area contributed by atoms with Crippen LogP contribution in [0.5, 0.6) is 0 Å². The van der Waals surface area contributed by atoms with Crippen LogP contribution in [0.3, 0.4) is 0 Å². The monoisotopic (exact) mass is 442 g/mol. The number of piperazine rings is 1. The van der Waals surface area contributed by atoms with E-state index < -0.39 is 0 Å². The van der Waals surface area contributed by atoms with Crippen LogP contribution < -0.4 is 10.2 Å². The lowest BCUT2D eigenvalue weighted by Gasteiger charge is -2.34. The van der Waals surface area contributed by atoms with Crippen molar-refractivity contribution in [3.63, 3.8) is 0 Å². The standard InChI is InChI=1S/C24H26N8O/c1-3-31-6-8-32(9-7-31)23-12-17(4-5-25-23)24(33)29-22-11-18-10-19(13-26-21(18)15-27-22)20-14-28-30(2)16-20/h4-5,10-16H,3,6-9H2,1-2H3,(H,27,29,33). The van der Waals surface area contributed by atoms with Gasteiger partial charge in [-0.3, -0.25) is 14.5 Å². The van der Waals surface area contributed by atoms with Gasteiger partial charge in [0.15, 0.2) is 0 Å². The van der Waals surface area contributed by atoms with Crippen molar-refractivity contribution in [2.45, 2.75) is 6.92 Å². The van der Waals surface area contributed by atoms with E-state index in [0.717, 1.165) is 60.6 Å². The van der Waals surface area contributed by atoms with Gasteiger partial charge in [-0.2, -0.15) is 5.10 Å². The Morgan fingerprint density at radius 1 is 1.00 bits per heavy atom. The highest BCUT2D eigenvalue weighted by atomic mass is 16.1. The SMILES string of the molecule is CCN1CCN(c2cc(C(=O)Nc3cc4cc(-c5cnn(C)c5)cnc4cn3)ccn2)CC1. The van der Waals surface area contributed by atoms with Gasteiger partial charge in [0, 0.05) is 73.9 Å². The van der Waals surface area contributed by atoms with Gasteiger partial charge in [-0.1, -0.05) is 6.92 Å². The van der Waals surface area contributed by atoms with Crippen LogP contribution in [0, 0.1) is 0 Å². The molecule has 0 aromatic carbocycles. The molecule has 0 bridgehead atoms. The molecule has 0 spiro atoms. The van der Waals surface area contributed by atoms with Gasteiger partial charge in [-0.05, 0) is 30.8 Å². The van der Waals surface area contributed by atoms with Crippen molar-refractivity contribution >= 4 is 28.4 Å². The molecule has 9 heteroatoms. The highest BCUT2D eigenvalue weighted by molar-refractivity contribution is 6.04. The van der Waals surface area contributed by atoms with Crippen molar-refractivity contribution in [1.82, 2.24) is 29.6 Å². The van der Waals surface area contributed by atoms with Crippen LogP contribution >= 0.6 is 0 Å². The maximum atomic E-state index is 12.9. The Bertz CT molecular complexity index is 1290. The van der Waals surface area contributed by atoms with Crippen LogP contribution in [0.2, 0.25) is 0 Å². The second kappa shape index (κ2) is 8.95. The van der Waals surface area contributed by atoms with E-state index in [1.165, 1.54) is 0 Å². The summed E-state index contributed by atoms with van der Waals surface area (Å²) in [5.41, 5.74) is 3.26. The third-order valence-corrected chi connectivity index (χ3v) is 6.00. The maximum Gasteiger partial charge on any atom is 0.257 e. The van der Waals surface area contributed by atoms with Crippen molar-refractivity contribution in [3.8, 4) is 11.1 Å². The van der Waals surface area contributed by atoms with Gasteiger partial charge in [-0.15, -0.1) is 0 Å². The van der Waals surface area contributed by atoms with Crippen LogP contribution in [0.25, 0.3) is 22.0 Å². The number of likely N-dealkylation sites (N-methyl/N-ethyl adjacent to an activating group) is 1. The van der Waals surface area contributed by atoms with Crippen LogP contribution in [0.4, 0.5) is 11.6 Å². The molecule has 1 fully saturated rings. The minimum Gasteiger partial charge on any atom is -0.354 e. The van der Waals surface area contributed by atoms with E-state index >= 15 is 0 Å². The number of hydrogen-bond donors (Lipinski definition) is 1. The number of carbonyl (C=O) groups excluding carboxylic acids is 1. The van der Waals surface area contributed by atoms with Gasteiger partial charge in [0.05, 0.1) is 17.9 Å². The average molecular weight is 443 g/mol. The highest BCUT2D eigenvalue weighted by Crippen LogP contribution is 2.24. The van der Waals surface area contributed by atoms with Crippen molar-refractivity contribution in [2.24, 2.45) is 7.05 Å². The Morgan fingerprint density at radius 2 is 1.85 bits per heavy atom. The van der Waals surface area contributed by atoms with Crippen LogP contribution in [-0.4, -0.2) is 68.3 Å². The summed E-state index contributed by atoms with van der Waals surface area (Å²) in [5, 5.41) is 8.03. The Balaban J connectivity index is 1.33. The van der Waals surface area contributed by atoms with Crippen molar-refractivity contribution in [2.75, 3.05) is 42.9 Å². The topological polar surface area (TPSA) is 92.1 Å². The second-order valence-electron chi connectivity index (χ2n) is 8.17. The van der Waals surface area contributed by atoms with Gasteiger partial charge in [-0.25, -0.2) is 9.97 Å². The fraction of sp³-hybridized carbons (Fsp3) is 0.292. The summed E-state index contributed by atoms with van der Waals surface area (Å²) in [5.74, 6) is 1.09. The molecule has 1 saturated heterocycles. The molecule has 4 aromatic heterocycles. The van der Waals surface area contributed by atoms with Crippen LogP contribution in [0.1, 0.15) is 17.3 Å². The smallest absolute Gasteiger partial charge is 0.257 e. The summed E-state index contributed by atoms with van der Waals surface area (Å²) < 4.78 is 1.75. The molecule has 1 amide bonds. The number of anilines is 2. The number of rotatable bonds is 5. The van der Waals surface area contributed by atoms with Gasteiger partial charge < -0.3 is 15.1 Å². The predicted octanol–water partition coefficient (Wildman–Crippen LogP) is 2.82. The number of nitrogens with zero attached hydrogens (tertiary/aromatic N) is 7. The zero-order valence-corrected chi connectivity index (χ0v) is 18.8. The first-order valence-electron chi connectivity index (χ1n) is 11.1. The minimum absolute atomic E-state index is 0.214. The van der Waals surface area contributed by atoms with Crippen molar-refractivity contribution < 1.29 is 4.79 Å². The second-order valence-corrected chi connectivity index (χ2v) is 8.17. The Labute approximate surface area is 192 Å². The van der Waals surface area contributed by atoms with E-state index in [0.29, 0.717) is 11.4 Å². The number of aryl methyl sites for hydroxylation is 1. The number of hydrogen-bond acceptors (Lipinski definition) is 7. The van der Waals surface area contributed by atoms with Gasteiger partial charge in [0.25, 0.3) is 5.91 Å². The number of pyridine rings is 3. The van der Waals surface area contributed by atoms with E-state index in [-0.39, 0.29) is 5.91 Å². The summed E-state index contributed by atoms with van der Waals surface area (Å²) in [6, 6.07) is 7.44. The summed E-state index contributed by atoms with van der Waals surface area (Å²) in [7, 11) is 1.88. The molecule has 1 aliphatic rings. The van der Waals surface area contributed by atoms with E-state index in [1.807, 2.05) is 31.4 Å². The Morgan fingerprint density at radius 3 is 2.61 bits per heavy atom. The van der Waals surface area contributed by atoms with E-state index in [4.69, 9.17) is 0 Å². The van der Waals surface area contributed by atoms with Gasteiger partial charge >= 0.3 is 0 Å². The summed E-state index contributed by atoms with van der Waals surface area (Å²) >= 11 is 0. The molecule has 33 heavy (non-hydrogen) atoms. The van der Waals surface area contributed by atoms with Gasteiger partial charge in [0.2, 0.25) is 0 Å². The first-order chi connectivity index (χ1) is 16.1. The summed E-state index contributed by atoms with van der Waals surface area (Å²) in [4.78, 5) is 30.9. The van der Waals surface area contributed by atoms with Crippen LogP contribution in [-0.2, 0) is 7.05 Å². The molecule has 4 aromatic rings. The number of aromatic nitrogens is 5. The molecule has 1 aliphatic heterocycles. The summed E-state index contributed by atoms with van der Waals surface area (Å²) in [6.45, 7) is 7.06. The lowest BCUT2D eigenvalue weighted by molar-refractivity contribution is 0.102. The third kappa shape index (κ3) is 4.54. The molecular weight excluding hydrogens is 416 g/mol. The fourth-order valence-electron chi connectivity index (χ4n) is 4.04. The summed E-state index contributed by atoms with van der Waals surface area (Å²) in [6.07, 6.45) is 8.90. The molecule has 0 saturated carbocycles. The zero-order valence-electron chi connectivity index (χ0n) is 18.8. The molecule has 0 unspecified atom stereocenters. The van der Waals surface area contributed by atoms with E-state index in [2.05, 4.69) is 42.1 Å².